The van der Waals surface area contributed by atoms with E-state index in [0.29, 0.717) is 12.3 Å². The maximum absolute atomic E-state index is 12.3. The molecule has 1 spiro atoms. The summed E-state index contributed by atoms with van der Waals surface area (Å²) in [4.78, 5) is 16.7. The van der Waals surface area contributed by atoms with Crippen LogP contribution in [0.1, 0.15) is 39.5 Å². The molecule has 1 unspecified atom stereocenters. The molecule has 0 aliphatic carbocycles. The van der Waals surface area contributed by atoms with E-state index in [9.17, 15) is 4.79 Å². The van der Waals surface area contributed by atoms with Gasteiger partial charge in [-0.05, 0) is 45.2 Å². The lowest BCUT2D eigenvalue weighted by Gasteiger charge is -2.49. The molecule has 1 atom stereocenters. The normalized spacial score (nSPS) is 23.3. The van der Waals surface area contributed by atoms with Gasteiger partial charge in [-0.15, -0.1) is 10.2 Å². The highest BCUT2D eigenvalue weighted by Gasteiger charge is 2.42. The molecular formula is C22H28N4O. The number of amides is 1. The highest BCUT2D eigenvalue weighted by atomic mass is 16.2. The smallest absolute Gasteiger partial charge is 0.222 e. The predicted molar refractivity (Wildman–Crippen MR) is 107 cm³/mol. The van der Waals surface area contributed by atoms with Gasteiger partial charge in [0, 0.05) is 43.1 Å². The first kappa shape index (κ1) is 18.0. The lowest BCUT2D eigenvalue weighted by Crippen LogP contribution is -2.55. The molecule has 1 amide bonds. The van der Waals surface area contributed by atoms with E-state index in [2.05, 4.69) is 58.1 Å². The molecule has 0 N–H and O–H groups in total. The second-order valence-corrected chi connectivity index (χ2v) is 8.28. The molecular weight excluding hydrogens is 336 g/mol. The molecule has 3 heterocycles. The fraction of sp³-hybridized carbons (Fsp3) is 0.500. The molecule has 1 aromatic heterocycles. The van der Waals surface area contributed by atoms with Gasteiger partial charge in [0.2, 0.25) is 5.91 Å². The van der Waals surface area contributed by atoms with Gasteiger partial charge in [0.15, 0.2) is 5.82 Å². The van der Waals surface area contributed by atoms with Crippen LogP contribution in [0.2, 0.25) is 0 Å². The van der Waals surface area contributed by atoms with Gasteiger partial charge >= 0.3 is 0 Å². The van der Waals surface area contributed by atoms with Gasteiger partial charge in [0.1, 0.15) is 0 Å². The molecule has 142 valence electrons. The summed E-state index contributed by atoms with van der Waals surface area (Å²) in [6, 6.07) is 14.6. The Kier molecular flexibility index (Phi) is 4.85. The number of hydrogen-bond acceptors (Lipinski definition) is 4. The van der Waals surface area contributed by atoms with Crippen molar-refractivity contribution < 1.29 is 4.79 Å². The second kappa shape index (κ2) is 7.29. The third-order valence-corrected chi connectivity index (χ3v) is 6.02. The fourth-order valence-electron chi connectivity index (χ4n) is 4.51. The van der Waals surface area contributed by atoms with Crippen molar-refractivity contribution in [1.82, 2.24) is 15.1 Å². The van der Waals surface area contributed by atoms with Crippen LogP contribution in [0, 0.1) is 5.41 Å². The van der Waals surface area contributed by atoms with Crippen LogP contribution in [0.25, 0.3) is 11.3 Å². The average molecular weight is 364 g/mol. The van der Waals surface area contributed by atoms with E-state index < -0.39 is 0 Å². The summed E-state index contributed by atoms with van der Waals surface area (Å²) in [5.74, 6) is 1.25. The van der Waals surface area contributed by atoms with Gasteiger partial charge in [-0.3, -0.25) is 4.79 Å². The highest BCUT2D eigenvalue weighted by Crippen LogP contribution is 2.40. The third-order valence-electron chi connectivity index (χ3n) is 6.02. The van der Waals surface area contributed by atoms with Crippen LogP contribution in [-0.2, 0) is 4.79 Å². The zero-order valence-corrected chi connectivity index (χ0v) is 16.3. The van der Waals surface area contributed by atoms with Crippen molar-refractivity contribution >= 4 is 11.7 Å². The highest BCUT2D eigenvalue weighted by molar-refractivity contribution is 5.77. The van der Waals surface area contributed by atoms with Crippen molar-refractivity contribution in [2.75, 3.05) is 24.5 Å². The second-order valence-electron chi connectivity index (χ2n) is 8.28. The lowest BCUT2D eigenvalue weighted by atomic mass is 9.73. The minimum Gasteiger partial charge on any atom is -0.355 e. The molecule has 4 rings (SSSR count). The summed E-state index contributed by atoms with van der Waals surface area (Å²) in [7, 11) is 0. The van der Waals surface area contributed by atoms with Crippen molar-refractivity contribution in [3.05, 3.63) is 42.5 Å². The van der Waals surface area contributed by atoms with E-state index in [0.717, 1.165) is 49.6 Å². The Balaban J connectivity index is 1.51. The summed E-state index contributed by atoms with van der Waals surface area (Å²) in [5, 5.41) is 8.98. The zero-order chi connectivity index (χ0) is 18.9. The third kappa shape index (κ3) is 3.68. The van der Waals surface area contributed by atoms with Crippen molar-refractivity contribution in [1.29, 1.82) is 0 Å². The number of nitrogens with zero attached hydrogens (tertiary/aromatic N) is 4. The van der Waals surface area contributed by atoms with Gasteiger partial charge in [-0.25, -0.2) is 0 Å². The van der Waals surface area contributed by atoms with Crippen LogP contribution in [0.3, 0.4) is 0 Å². The molecule has 0 saturated carbocycles. The van der Waals surface area contributed by atoms with Gasteiger partial charge in [-0.2, -0.15) is 0 Å². The topological polar surface area (TPSA) is 49.3 Å². The Morgan fingerprint density at radius 3 is 2.52 bits per heavy atom. The first-order chi connectivity index (χ1) is 13.1. The quantitative estimate of drug-likeness (QED) is 0.832. The molecule has 2 aliphatic rings. The predicted octanol–water partition coefficient (Wildman–Crippen LogP) is 3.76. The van der Waals surface area contributed by atoms with Gasteiger partial charge < -0.3 is 9.80 Å². The van der Waals surface area contributed by atoms with Crippen LogP contribution in [-0.4, -0.2) is 46.7 Å². The van der Waals surface area contributed by atoms with Gasteiger partial charge in [-0.1, -0.05) is 30.3 Å². The van der Waals surface area contributed by atoms with E-state index >= 15 is 0 Å². The molecule has 1 aromatic carbocycles. The zero-order valence-electron chi connectivity index (χ0n) is 16.3. The largest absolute Gasteiger partial charge is 0.355 e. The number of hydrogen-bond donors (Lipinski definition) is 0. The standard InChI is InChI=1S/C22H28N4O/c1-17(2)26-16-22(13-11-21(26)27)12-6-14-25(15-22)20-10-9-19(23-24-20)18-7-4-3-5-8-18/h3-5,7-10,17H,6,11-16H2,1-2H3. The van der Waals surface area contributed by atoms with Crippen molar-refractivity contribution in [3.8, 4) is 11.3 Å². The summed E-state index contributed by atoms with van der Waals surface area (Å²) >= 11 is 0. The van der Waals surface area contributed by atoms with Gasteiger partial charge in [0.05, 0.1) is 5.69 Å². The van der Waals surface area contributed by atoms with Crippen LogP contribution in [0.4, 0.5) is 5.82 Å². The van der Waals surface area contributed by atoms with Crippen molar-refractivity contribution in [2.45, 2.75) is 45.6 Å². The number of piperidine rings is 2. The van der Waals surface area contributed by atoms with Crippen LogP contribution in [0.5, 0.6) is 0 Å². The summed E-state index contributed by atoms with van der Waals surface area (Å²) < 4.78 is 0. The average Bonchev–Trinajstić information content (AvgIpc) is 2.71. The molecule has 5 heteroatoms. The van der Waals surface area contributed by atoms with Gasteiger partial charge in [0.25, 0.3) is 0 Å². The molecule has 0 bridgehead atoms. The summed E-state index contributed by atoms with van der Waals surface area (Å²) in [6.45, 7) is 7.08. The fourth-order valence-corrected chi connectivity index (χ4v) is 4.51. The van der Waals surface area contributed by atoms with Crippen LogP contribution < -0.4 is 4.90 Å². The number of carbonyl (C=O) groups excluding carboxylic acids is 1. The van der Waals surface area contributed by atoms with Crippen LogP contribution >= 0.6 is 0 Å². The Morgan fingerprint density at radius 1 is 1.00 bits per heavy atom. The van der Waals surface area contributed by atoms with E-state index in [1.807, 2.05) is 18.2 Å². The lowest BCUT2D eigenvalue weighted by molar-refractivity contribution is -0.140. The first-order valence-corrected chi connectivity index (χ1v) is 10.00. The Labute approximate surface area is 161 Å². The number of likely N-dealkylation sites (tertiary alicyclic amines) is 1. The Morgan fingerprint density at radius 2 is 1.81 bits per heavy atom. The molecule has 27 heavy (non-hydrogen) atoms. The number of aromatic nitrogens is 2. The van der Waals surface area contributed by atoms with E-state index in [-0.39, 0.29) is 11.5 Å². The Hall–Kier alpha value is -2.43. The molecule has 0 radical (unpaired) electrons. The minimum absolute atomic E-state index is 0.191. The number of carbonyl (C=O) groups is 1. The van der Waals surface area contributed by atoms with E-state index in [1.165, 1.54) is 6.42 Å². The molecule has 5 nitrogen and oxygen atoms in total. The Bertz CT molecular complexity index is 790. The molecule has 2 aromatic rings. The minimum atomic E-state index is 0.191. The summed E-state index contributed by atoms with van der Waals surface area (Å²) in [6.07, 6.45) is 3.99. The number of benzene rings is 1. The van der Waals surface area contributed by atoms with Crippen molar-refractivity contribution in [3.63, 3.8) is 0 Å². The monoisotopic (exact) mass is 364 g/mol. The van der Waals surface area contributed by atoms with E-state index in [4.69, 9.17) is 0 Å². The summed E-state index contributed by atoms with van der Waals surface area (Å²) in [5.41, 5.74) is 2.18. The van der Waals surface area contributed by atoms with Crippen molar-refractivity contribution in [2.24, 2.45) is 5.41 Å². The maximum Gasteiger partial charge on any atom is 0.222 e. The number of rotatable bonds is 3. The first-order valence-electron chi connectivity index (χ1n) is 10.00. The molecule has 2 fully saturated rings. The maximum atomic E-state index is 12.3. The number of anilines is 1. The van der Waals surface area contributed by atoms with Crippen LogP contribution in [0.15, 0.2) is 42.5 Å². The van der Waals surface area contributed by atoms with E-state index in [1.54, 1.807) is 0 Å². The molecule has 2 saturated heterocycles. The SMILES string of the molecule is CC(C)N1CC2(CCCN(c3ccc(-c4ccccc4)nn3)C2)CCC1=O. The molecule has 2 aliphatic heterocycles.